The number of halogens is 6. The molecule has 0 amide bonds. The molecule has 1 fully saturated rings. The number of alkyl halides is 6. The first kappa shape index (κ1) is 24.5. The van der Waals surface area contributed by atoms with E-state index in [1.165, 1.54) is 6.92 Å². The molecule has 176 valence electrons. The molecule has 1 N–H and O–H groups in total. The molecule has 0 spiro atoms. The summed E-state index contributed by atoms with van der Waals surface area (Å²) in [5.41, 5.74) is -2.16. The third-order valence-electron chi connectivity index (χ3n) is 5.67. The maximum absolute atomic E-state index is 13.2. The molecule has 1 saturated heterocycles. The molecule has 0 unspecified atom stereocenters. The van der Waals surface area contributed by atoms with Crippen molar-refractivity contribution in [3.05, 3.63) is 70.8 Å². The largest absolute Gasteiger partial charge is 0.416 e. The minimum Gasteiger partial charge on any atom is -0.396 e. The summed E-state index contributed by atoms with van der Waals surface area (Å²) >= 11 is 0. The quantitative estimate of drug-likeness (QED) is 0.510. The minimum absolute atomic E-state index is 0.0133. The Morgan fingerprint density at radius 2 is 1.59 bits per heavy atom. The molecule has 0 bridgehead atoms. The number of hydrogen-bond donors (Lipinski definition) is 1. The van der Waals surface area contributed by atoms with E-state index in [-0.39, 0.29) is 30.1 Å². The van der Waals surface area contributed by atoms with Gasteiger partial charge in [0, 0.05) is 12.5 Å². The molecular formula is C23H24F6O3. The second-order valence-electron chi connectivity index (χ2n) is 7.85. The minimum atomic E-state index is -4.93. The first-order valence-corrected chi connectivity index (χ1v) is 10.2. The summed E-state index contributed by atoms with van der Waals surface area (Å²) in [6.45, 7) is 1.65. The van der Waals surface area contributed by atoms with Crippen LogP contribution in [-0.2, 0) is 21.8 Å². The van der Waals surface area contributed by atoms with Crippen LogP contribution in [0.2, 0.25) is 0 Å². The molecule has 0 saturated carbocycles. The van der Waals surface area contributed by atoms with Crippen molar-refractivity contribution >= 4 is 0 Å². The Morgan fingerprint density at radius 3 is 2.12 bits per heavy atom. The zero-order chi connectivity index (χ0) is 23.5. The number of ether oxygens (including phenoxy) is 2. The predicted molar refractivity (Wildman–Crippen MR) is 105 cm³/mol. The van der Waals surface area contributed by atoms with Gasteiger partial charge in [0.25, 0.3) is 0 Å². The second kappa shape index (κ2) is 9.80. The zero-order valence-electron chi connectivity index (χ0n) is 17.3. The summed E-state index contributed by atoms with van der Waals surface area (Å²) in [6, 6.07) is 10.6. The molecule has 9 heteroatoms. The lowest BCUT2D eigenvalue weighted by Crippen LogP contribution is -2.37. The van der Waals surface area contributed by atoms with Gasteiger partial charge in [-0.15, -0.1) is 0 Å². The lowest BCUT2D eigenvalue weighted by molar-refractivity contribution is -0.210. The summed E-state index contributed by atoms with van der Waals surface area (Å²) < 4.78 is 91.0. The standard InChI is InChI=1S/C23H24F6O3/c1-14(17-11-18(22(24,25)26)13-19(12-17)23(27,28)29)32-21-20(15-5-3-2-4-6-15)16(7-9-30)8-10-31-21/h2-6,11-14,16,20-21,30H,7-10H2,1H3/t14-,16-,20+,21-/m1/s1. The highest BCUT2D eigenvalue weighted by molar-refractivity contribution is 5.34. The van der Waals surface area contributed by atoms with Crippen molar-refractivity contribution in [3.63, 3.8) is 0 Å². The van der Waals surface area contributed by atoms with Gasteiger partial charge >= 0.3 is 12.4 Å². The van der Waals surface area contributed by atoms with Crippen LogP contribution < -0.4 is 0 Å². The Balaban J connectivity index is 1.93. The first-order valence-electron chi connectivity index (χ1n) is 10.2. The summed E-state index contributed by atoms with van der Waals surface area (Å²) in [5.74, 6) is -0.340. The molecule has 0 radical (unpaired) electrons. The van der Waals surface area contributed by atoms with Crippen molar-refractivity contribution in [3.8, 4) is 0 Å². The molecule has 2 aromatic rings. The van der Waals surface area contributed by atoms with Crippen LogP contribution in [0.1, 0.15) is 54.0 Å². The van der Waals surface area contributed by atoms with E-state index in [1.54, 1.807) is 0 Å². The molecule has 0 aliphatic carbocycles. The number of hydrogen-bond acceptors (Lipinski definition) is 3. The van der Waals surface area contributed by atoms with E-state index in [0.29, 0.717) is 31.6 Å². The Labute approximate surface area is 182 Å². The first-order chi connectivity index (χ1) is 15.0. The fraction of sp³-hybridized carbons (Fsp3) is 0.478. The molecular weight excluding hydrogens is 438 g/mol. The lowest BCUT2D eigenvalue weighted by atomic mass is 9.80. The van der Waals surface area contributed by atoms with Crippen molar-refractivity contribution in [1.29, 1.82) is 0 Å². The Bertz CT molecular complexity index is 847. The molecule has 3 rings (SSSR count). The van der Waals surface area contributed by atoms with Crippen molar-refractivity contribution in [2.45, 2.75) is 50.4 Å². The fourth-order valence-electron chi connectivity index (χ4n) is 4.05. The maximum atomic E-state index is 13.2. The van der Waals surface area contributed by atoms with Crippen molar-refractivity contribution in [2.24, 2.45) is 5.92 Å². The molecule has 1 aliphatic rings. The van der Waals surface area contributed by atoms with Crippen molar-refractivity contribution < 1.29 is 40.9 Å². The van der Waals surface area contributed by atoms with Gasteiger partial charge in [-0.05, 0) is 55.0 Å². The summed E-state index contributed by atoms with van der Waals surface area (Å²) in [5, 5.41) is 9.45. The number of aliphatic hydroxyl groups excluding tert-OH is 1. The van der Waals surface area contributed by atoms with E-state index in [0.717, 1.165) is 5.56 Å². The Kier molecular flexibility index (Phi) is 7.52. The number of aliphatic hydroxyl groups is 1. The second-order valence-corrected chi connectivity index (χ2v) is 7.85. The van der Waals surface area contributed by atoms with Crippen LogP contribution in [0.4, 0.5) is 26.3 Å². The highest BCUT2D eigenvalue weighted by Crippen LogP contribution is 2.42. The lowest BCUT2D eigenvalue weighted by Gasteiger charge is -2.39. The average molecular weight is 462 g/mol. The molecule has 1 heterocycles. The van der Waals surface area contributed by atoms with Gasteiger partial charge in [-0.3, -0.25) is 0 Å². The van der Waals surface area contributed by atoms with Gasteiger partial charge in [0.2, 0.25) is 0 Å². The Hall–Kier alpha value is -2.10. The van der Waals surface area contributed by atoms with Gasteiger partial charge in [0.05, 0.1) is 23.8 Å². The molecule has 4 atom stereocenters. The summed E-state index contributed by atoms with van der Waals surface area (Å²) in [6.07, 6.45) is -10.7. The third kappa shape index (κ3) is 5.82. The normalized spacial score (nSPS) is 23.2. The van der Waals surface area contributed by atoms with Crippen LogP contribution in [-0.4, -0.2) is 24.6 Å². The van der Waals surface area contributed by atoms with Crippen molar-refractivity contribution in [1.82, 2.24) is 0 Å². The van der Waals surface area contributed by atoms with Crippen LogP contribution >= 0.6 is 0 Å². The van der Waals surface area contributed by atoms with Crippen LogP contribution in [0.5, 0.6) is 0 Å². The van der Waals surface area contributed by atoms with E-state index in [4.69, 9.17) is 9.47 Å². The molecule has 0 aromatic heterocycles. The Morgan fingerprint density at radius 1 is 1.00 bits per heavy atom. The van der Waals surface area contributed by atoms with Gasteiger partial charge < -0.3 is 14.6 Å². The number of benzene rings is 2. The van der Waals surface area contributed by atoms with E-state index in [9.17, 15) is 31.4 Å². The van der Waals surface area contributed by atoms with E-state index in [2.05, 4.69) is 0 Å². The van der Waals surface area contributed by atoms with Crippen LogP contribution in [0.25, 0.3) is 0 Å². The van der Waals surface area contributed by atoms with Gasteiger partial charge in [-0.1, -0.05) is 30.3 Å². The summed E-state index contributed by atoms with van der Waals surface area (Å²) in [4.78, 5) is 0. The van der Waals surface area contributed by atoms with Gasteiger partial charge in [0.15, 0.2) is 6.29 Å². The van der Waals surface area contributed by atoms with Crippen LogP contribution in [0.15, 0.2) is 48.5 Å². The fourth-order valence-corrected chi connectivity index (χ4v) is 4.05. The highest BCUT2D eigenvalue weighted by atomic mass is 19.4. The molecule has 3 nitrogen and oxygen atoms in total. The summed E-state index contributed by atoms with van der Waals surface area (Å²) in [7, 11) is 0. The molecule has 2 aromatic carbocycles. The third-order valence-corrected chi connectivity index (χ3v) is 5.67. The topological polar surface area (TPSA) is 38.7 Å². The SMILES string of the molecule is C[C@@H](O[C@H]1OCC[C@@H](CCO)[C@@H]1c1ccccc1)c1cc(C(F)(F)F)cc(C(F)(F)F)c1. The predicted octanol–water partition coefficient (Wildman–Crippen LogP) is 6.33. The van der Waals surface area contributed by atoms with Crippen LogP contribution in [0, 0.1) is 5.92 Å². The molecule has 32 heavy (non-hydrogen) atoms. The van der Waals surface area contributed by atoms with Crippen molar-refractivity contribution in [2.75, 3.05) is 13.2 Å². The van der Waals surface area contributed by atoms with E-state index < -0.39 is 35.9 Å². The van der Waals surface area contributed by atoms with Crippen LogP contribution in [0.3, 0.4) is 0 Å². The highest BCUT2D eigenvalue weighted by Gasteiger charge is 2.39. The molecule has 1 aliphatic heterocycles. The van der Waals surface area contributed by atoms with E-state index in [1.807, 2.05) is 30.3 Å². The van der Waals surface area contributed by atoms with Gasteiger partial charge in [-0.25, -0.2) is 0 Å². The van der Waals surface area contributed by atoms with Gasteiger partial charge in [0.1, 0.15) is 0 Å². The number of rotatable bonds is 6. The zero-order valence-corrected chi connectivity index (χ0v) is 17.3. The monoisotopic (exact) mass is 462 g/mol. The van der Waals surface area contributed by atoms with Gasteiger partial charge in [-0.2, -0.15) is 26.3 Å². The smallest absolute Gasteiger partial charge is 0.396 e. The van der Waals surface area contributed by atoms with E-state index >= 15 is 0 Å². The average Bonchev–Trinajstić information content (AvgIpc) is 2.73. The maximum Gasteiger partial charge on any atom is 0.416 e.